The van der Waals surface area contributed by atoms with E-state index in [9.17, 15) is 5.11 Å². The summed E-state index contributed by atoms with van der Waals surface area (Å²) in [5.41, 5.74) is 1.43. The van der Waals surface area contributed by atoms with E-state index in [0.29, 0.717) is 13.0 Å². The number of aliphatic hydroxyl groups is 2. The van der Waals surface area contributed by atoms with E-state index in [2.05, 4.69) is 0 Å². The van der Waals surface area contributed by atoms with Gasteiger partial charge in [-0.1, -0.05) is 36.4 Å². The van der Waals surface area contributed by atoms with Crippen molar-refractivity contribution in [1.29, 1.82) is 0 Å². The third-order valence-corrected chi connectivity index (χ3v) is 3.23. The van der Waals surface area contributed by atoms with Gasteiger partial charge in [0.25, 0.3) is 0 Å². The first-order chi connectivity index (χ1) is 9.42. The highest BCUT2D eigenvalue weighted by atomic mass is 16.5. The van der Waals surface area contributed by atoms with E-state index in [1.807, 2.05) is 37.3 Å². The maximum absolute atomic E-state index is 9.84. The van der Waals surface area contributed by atoms with Crippen LogP contribution in [0.3, 0.4) is 0 Å². The van der Waals surface area contributed by atoms with Gasteiger partial charge < -0.3 is 14.9 Å². The largest absolute Gasteiger partial charge is 0.392 e. The second-order valence-electron chi connectivity index (χ2n) is 5.77. The third-order valence-electron chi connectivity index (χ3n) is 3.23. The Balaban J connectivity index is 2.60. The van der Waals surface area contributed by atoms with Crippen molar-refractivity contribution >= 4 is 0 Å². The molecule has 0 aromatic heterocycles. The third kappa shape index (κ3) is 6.85. The maximum Gasteiger partial charge on any atom is 0.0788 e. The number of ether oxygens (including phenoxy) is 1. The molecule has 0 aliphatic rings. The van der Waals surface area contributed by atoms with Crippen molar-refractivity contribution in [2.75, 3.05) is 6.61 Å². The van der Waals surface area contributed by atoms with E-state index < -0.39 is 5.60 Å². The Morgan fingerprint density at radius 1 is 1.30 bits per heavy atom. The number of hydrogen-bond acceptors (Lipinski definition) is 3. The van der Waals surface area contributed by atoms with Gasteiger partial charge >= 0.3 is 0 Å². The molecule has 0 amide bonds. The van der Waals surface area contributed by atoms with Crippen molar-refractivity contribution < 1.29 is 14.9 Å². The van der Waals surface area contributed by atoms with Crippen molar-refractivity contribution in [1.82, 2.24) is 0 Å². The summed E-state index contributed by atoms with van der Waals surface area (Å²) in [5.74, 6) is 0. The molecule has 0 bridgehead atoms. The maximum atomic E-state index is 9.84. The van der Waals surface area contributed by atoms with Crippen LogP contribution in [-0.4, -0.2) is 28.5 Å². The lowest BCUT2D eigenvalue weighted by atomic mass is 9.97. The van der Waals surface area contributed by atoms with E-state index in [0.717, 1.165) is 17.6 Å². The fourth-order valence-electron chi connectivity index (χ4n) is 1.97. The van der Waals surface area contributed by atoms with Crippen LogP contribution in [0.1, 0.15) is 39.2 Å². The van der Waals surface area contributed by atoms with Crippen LogP contribution in [0.4, 0.5) is 0 Å². The summed E-state index contributed by atoms with van der Waals surface area (Å²) in [6.45, 7) is 6.10. The summed E-state index contributed by atoms with van der Waals surface area (Å²) >= 11 is 0. The van der Waals surface area contributed by atoms with Crippen molar-refractivity contribution in [3.63, 3.8) is 0 Å². The SMILES string of the molecule is C/C(=C\CO)[C@H](CCC(C)(C)O)OCc1ccccc1. The molecule has 0 aliphatic carbocycles. The lowest BCUT2D eigenvalue weighted by Gasteiger charge is -2.23. The Morgan fingerprint density at radius 3 is 2.50 bits per heavy atom. The molecule has 20 heavy (non-hydrogen) atoms. The van der Waals surface area contributed by atoms with E-state index in [4.69, 9.17) is 9.84 Å². The first kappa shape index (κ1) is 16.9. The van der Waals surface area contributed by atoms with E-state index in [-0.39, 0.29) is 12.7 Å². The average Bonchev–Trinajstić information content (AvgIpc) is 2.39. The zero-order valence-corrected chi connectivity index (χ0v) is 12.7. The highest BCUT2D eigenvalue weighted by Crippen LogP contribution is 2.20. The molecule has 112 valence electrons. The molecule has 3 heteroatoms. The quantitative estimate of drug-likeness (QED) is 0.719. The number of rotatable bonds is 8. The number of aliphatic hydroxyl groups excluding tert-OH is 1. The summed E-state index contributed by atoms with van der Waals surface area (Å²) < 4.78 is 5.95. The van der Waals surface area contributed by atoms with Crippen molar-refractivity contribution in [3.8, 4) is 0 Å². The lowest BCUT2D eigenvalue weighted by Crippen LogP contribution is -2.23. The summed E-state index contributed by atoms with van der Waals surface area (Å²) in [6, 6.07) is 10.0. The molecule has 0 unspecified atom stereocenters. The fourth-order valence-corrected chi connectivity index (χ4v) is 1.97. The molecule has 1 aromatic rings. The molecular weight excluding hydrogens is 252 g/mol. The first-order valence-corrected chi connectivity index (χ1v) is 7.08. The van der Waals surface area contributed by atoms with Gasteiger partial charge in [0.1, 0.15) is 0 Å². The van der Waals surface area contributed by atoms with E-state index in [1.54, 1.807) is 19.9 Å². The lowest BCUT2D eigenvalue weighted by molar-refractivity contribution is 0.0217. The molecule has 0 aliphatic heterocycles. The van der Waals surface area contributed by atoms with Gasteiger partial charge in [-0.25, -0.2) is 0 Å². The standard InChI is InChI=1S/C17H26O3/c1-14(10-12-18)16(9-11-17(2,3)19)20-13-15-7-5-4-6-8-15/h4-8,10,16,18-19H,9,11-13H2,1-3H3/b14-10+/t16-/m0/s1. The van der Waals surface area contributed by atoms with Gasteiger partial charge in [0.05, 0.1) is 24.9 Å². The molecule has 0 saturated carbocycles. The van der Waals surface area contributed by atoms with Crippen molar-refractivity contribution in [2.45, 2.75) is 51.9 Å². The van der Waals surface area contributed by atoms with Crippen LogP contribution in [0, 0.1) is 0 Å². The van der Waals surface area contributed by atoms with E-state index in [1.165, 1.54) is 0 Å². The molecule has 3 nitrogen and oxygen atoms in total. The van der Waals surface area contributed by atoms with Crippen molar-refractivity contribution in [3.05, 3.63) is 47.5 Å². The fraction of sp³-hybridized carbons (Fsp3) is 0.529. The van der Waals surface area contributed by atoms with Crippen LogP contribution in [0.2, 0.25) is 0 Å². The molecular formula is C17H26O3. The molecule has 0 radical (unpaired) electrons. The molecule has 1 rings (SSSR count). The summed E-state index contributed by atoms with van der Waals surface area (Å²) in [5, 5.41) is 18.9. The van der Waals surface area contributed by atoms with Crippen molar-refractivity contribution in [2.24, 2.45) is 0 Å². The predicted molar refractivity (Wildman–Crippen MR) is 81.4 cm³/mol. The summed E-state index contributed by atoms with van der Waals surface area (Å²) in [7, 11) is 0. The molecule has 0 fully saturated rings. The van der Waals surface area contributed by atoms with Gasteiger partial charge in [-0.3, -0.25) is 0 Å². The summed E-state index contributed by atoms with van der Waals surface area (Å²) in [4.78, 5) is 0. The Kier molecular flexibility index (Phi) is 6.93. The normalized spacial score (nSPS) is 14.3. The zero-order chi connectivity index (χ0) is 15.0. The zero-order valence-electron chi connectivity index (χ0n) is 12.7. The van der Waals surface area contributed by atoms with Crippen LogP contribution in [-0.2, 0) is 11.3 Å². The van der Waals surface area contributed by atoms with Crippen LogP contribution in [0.5, 0.6) is 0 Å². The predicted octanol–water partition coefficient (Wildman–Crippen LogP) is 3.06. The van der Waals surface area contributed by atoms with Gasteiger partial charge in [-0.15, -0.1) is 0 Å². The van der Waals surface area contributed by atoms with Gasteiger partial charge in [-0.2, -0.15) is 0 Å². The number of benzene rings is 1. The first-order valence-electron chi connectivity index (χ1n) is 7.08. The Labute approximate surface area is 121 Å². The van der Waals surface area contributed by atoms with Gasteiger partial charge in [-0.05, 0) is 44.7 Å². The van der Waals surface area contributed by atoms with Gasteiger partial charge in [0.15, 0.2) is 0 Å². The van der Waals surface area contributed by atoms with Crippen LogP contribution < -0.4 is 0 Å². The van der Waals surface area contributed by atoms with Crippen LogP contribution in [0.15, 0.2) is 42.0 Å². The molecule has 2 N–H and O–H groups in total. The molecule has 0 heterocycles. The second-order valence-corrected chi connectivity index (χ2v) is 5.77. The topological polar surface area (TPSA) is 49.7 Å². The Bertz CT molecular complexity index is 404. The highest BCUT2D eigenvalue weighted by Gasteiger charge is 2.18. The molecule has 1 atom stereocenters. The minimum Gasteiger partial charge on any atom is -0.392 e. The summed E-state index contributed by atoms with van der Waals surface area (Å²) in [6.07, 6.45) is 3.08. The molecule has 0 spiro atoms. The van der Waals surface area contributed by atoms with E-state index >= 15 is 0 Å². The number of hydrogen-bond donors (Lipinski definition) is 2. The molecule has 1 aromatic carbocycles. The van der Waals surface area contributed by atoms with Gasteiger partial charge in [0.2, 0.25) is 0 Å². The Morgan fingerprint density at radius 2 is 1.95 bits per heavy atom. The smallest absolute Gasteiger partial charge is 0.0788 e. The highest BCUT2D eigenvalue weighted by molar-refractivity contribution is 5.14. The molecule has 0 saturated heterocycles. The minimum atomic E-state index is -0.701. The van der Waals surface area contributed by atoms with Gasteiger partial charge in [0, 0.05) is 0 Å². The van der Waals surface area contributed by atoms with Crippen LogP contribution in [0.25, 0.3) is 0 Å². The monoisotopic (exact) mass is 278 g/mol. The van der Waals surface area contributed by atoms with Crippen LogP contribution >= 0.6 is 0 Å². The Hall–Kier alpha value is -1.16. The average molecular weight is 278 g/mol. The second kappa shape index (κ2) is 8.20. The minimum absolute atomic E-state index is 0.0134.